The van der Waals surface area contributed by atoms with Gasteiger partial charge in [-0.1, -0.05) is 6.58 Å². The zero-order valence-corrected chi connectivity index (χ0v) is 8.38. The van der Waals surface area contributed by atoms with Crippen LogP contribution in [0.1, 0.15) is 33.1 Å². The lowest BCUT2D eigenvalue weighted by molar-refractivity contribution is -0.143. The van der Waals surface area contributed by atoms with E-state index >= 15 is 0 Å². The van der Waals surface area contributed by atoms with E-state index in [9.17, 15) is 4.79 Å². The van der Waals surface area contributed by atoms with Gasteiger partial charge in [0.25, 0.3) is 0 Å². The van der Waals surface area contributed by atoms with Gasteiger partial charge in [-0.15, -0.1) is 0 Å². The summed E-state index contributed by atoms with van der Waals surface area (Å²) in [5, 5.41) is 8.53. The zero-order valence-electron chi connectivity index (χ0n) is 8.38. The molecule has 0 spiro atoms. The second-order valence-electron chi connectivity index (χ2n) is 3.22. The van der Waals surface area contributed by atoms with Crippen molar-refractivity contribution in [3.63, 3.8) is 0 Å². The monoisotopic (exact) mass is 186 g/mol. The summed E-state index contributed by atoms with van der Waals surface area (Å²) in [7, 11) is 0. The molecule has 0 amide bonds. The Bertz CT molecular complexity index is 175. The summed E-state index contributed by atoms with van der Waals surface area (Å²) in [5.41, 5.74) is 0.425. The van der Waals surface area contributed by atoms with Gasteiger partial charge < -0.3 is 9.84 Å². The highest BCUT2D eigenvalue weighted by molar-refractivity contribution is 5.87. The lowest BCUT2D eigenvalue weighted by Crippen LogP contribution is -2.15. The molecule has 0 aromatic heterocycles. The number of hydrogen-bond acceptors (Lipinski definition) is 3. The lowest BCUT2D eigenvalue weighted by Gasteiger charge is -2.12. The molecule has 0 rings (SSSR count). The number of esters is 1. The zero-order chi connectivity index (χ0) is 10.3. The maximum absolute atomic E-state index is 11.0. The highest BCUT2D eigenvalue weighted by Gasteiger charge is 2.08. The molecular weight excluding hydrogens is 168 g/mol. The maximum atomic E-state index is 11.0. The molecule has 3 heteroatoms. The minimum atomic E-state index is -0.337. The molecule has 1 N–H and O–H groups in total. The highest BCUT2D eigenvalue weighted by atomic mass is 16.5. The van der Waals surface area contributed by atoms with Crippen molar-refractivity contribution in [3.8, 4) is 0 Å². The third-order valence-corrected chi connectivity index (χ3v) is 1.68. The van der Waals surface area contributed by atoms with E-state index in [1.54, 1.807) is 6.92 Å². The number of carbonyl (C=O) groups excluding carboxylic acids is 1. The predicted molar refractivity (Wildman–Crippen MR) is 51.3 cm³/mol. The van der Waals surface area contributed by atoms with Gasteiger partial charge in [0.15, 0.2) is 0 Å². The van der Waals surface area contributed by atoms with Crippen molar-refractivity contribution in [1.29, 1.82) is 0 Å². The summed E-state index contributed by atoms with van der Waals surface area (Å²) in [6.07, 6.45) is 2.34. The molecule has 0 heterocycles. The fraction of sp³-hybridized carbons (Fsp3) is 0.700. The lowest BCUT2D eigenvalue weighted by atomic mass is 10.2. The summed E-state index contributed by atoms with van der Waals surface area (Å²) in [6, 6.07) is 0. The second-order valence-corrected chi connectivity index (χ2v) is 3.22. The van der Waals surface area contributed by atoms with Crippen LogP contribution in [0.5, 0.6) is 0 Å². The van der Waals surface area contributed by atoms with Gasteiger partial charge in [-0.2, -0.15) is 0 Å². The molecular formula is C10H18O3. The van der Waals surface area contributed by atoms with Gasteiger partial charge in [-0.25, -0.2) is 4.79 Å². The Morgan fingerprint density at radius 3 is 2.62 bits per heavy atom. The molecule has 0 aliphatic heterocycles. The molecule has 0 saturated carbocycles. The summed E-state index contributed by atoms with van der Waals surface area (Å²) in [5.74, 6) is -0.337. The van der Waals surface area contributed by atoms with Crippen molar-refractivity contribution >= 4 is 5.97 Å². The van der Waals surface area contributed by atoms with Gasteiger partial charge in [0.05, 0.1) is 6.10 Å². The molecule has 76 valence electrons. The Hall–Kier alpha value is -0.830. The van der Waals surface area contributed by atoms with E-state index in [4.69, 9.17) is 9.84 Å². The number of ether oxygens (including phenoxy) is 1. The van der Waals surface area contributed by atoms with Crippen molar-refractivity contribution in [2.24, 2.45) is 0 Å². The van der Waals surface area contributed by atoms with E-state index in [0.717, 1.165) is 19.3 Å². The molecule has 1 atom stereocenters. The topological polar surface area (TPSA) is 46.5 Å². The Morgan fingerprint density at radius 1 is 1.54 bits per heavy atom. The summed E-state index contributed by atoms with van der Waals surface area (Å²) < 4.78 is 5.04. The molecule has 0 fully saturated rings. The van der Waals surface area contributed by atoms with Crippen LogP contribution in [0, 0.1) is 0 Å². The molecule has 0 saturated heterocycles. The molecule has 0 aliphatic carbocycles. The summed E-state index contributed by atoms with van der Waals surface area (Å²) >= 11 is 0. The Morgan fingerprint density at radius 2 is 2.15 bits per heavy atom. The average Bonchev–Trinajstić information content (AvgIpc) is 2.04. The normalized spacial score (nSPS) is 12.2. The standard InChI is InChI=1S/C10H18O3/c1-8(2)10(12)13-9(3)6-4-5-7-11/h9,11H,1,4-7H2,2-3H3. The smallest absolute Gasteiger partial charge is 0.333 e. The van der Waals surface area contributed by atoms with Gasteiger partial charge in [0, 0.05) is 12.2 Å². The van der Waals surface area contributed by atoms with Crippen LogP contribution in [0.15, 0.2) is 12.2 Å². The van der Waals surface area contributed by atoms with E-state index in [0.29, 0.717) is 5.57 Å². The minimum absolute atomic E-state index is 0.0873. The average molecular weight is 186 g/mol. The van der Waals surface area contributed by atoms with Crippen molar-refractivity contribution in [3.05, 3.63) is 12.2 Å². The van der Waals surface area contributed by atoms with E-state index in [-0.39, 0.29) is 18.7 Å². The Kier molecular flexibility index (Phi) is 6.24. The van der Waals surface area contributed by atoms with E-state index in [2.05, 4.69) is 6.58 Å². The number of aliphatic hydroxyl groups is 1. The first-order valence-electron chi connectivity index (χ1n) is 4.55. The molecule has 0 aliphatic rings. The van der Waals surface area contributed by atoms with Gasteiger partial charge in [0.2, 0.25) is 0 Å². The van der Waals surface area contributed by atoms with Crippen LogP contribution in [0.2, 0.25) is 0 Å². The predicted octanol–water partition coefficient (Wildman–Crippen LogP) is 1.66. The number of unbranched alkanes of at least 4 members (excludes halogenated alkanes) is 1. The van der Waals surface area contributed by atoms with Crippen LogP contribution in [0.25, 0.3) is 0 Å². The quantitative estimate of drug-likeness (QED) is 0.390. The number of aliphatic hydroxyl groups excluding tert-OH is 1. The van der Waals surface area contributed by atoms with Crippen LogP contribution in [-0.4, -0.2) is 23.8 Å². The van der Waals surface area contributed by atoms with Crippen LogP contribution in [0.3, 0.4) is 0 Å². The van der Waals surface area contributed by atoms with Gasteiger partial charge >= 0.3 is 5.97 Å². The molecule has 13 heavy (non-hydrogen) atoms. The van der Waals surface area contributed by atoms with Crippen molar-refractivity contribution in [2.75, 3.05) is 6.61 Å². The maximum Gasteiger partial charge on any atom is 0.333 e. The first kappa shape index (κ1) is 12.2. The molecule has 3 nitrogen and oxygen atoms in total. The van der Waals surface area contributed by atoms with Crippen molar-refractivity contribution < 1.29 is 14.6 Å². The summed E-state index contributed by atoms with van der Waals surface area (Å²) in [4.78, 5) is 11.0. The van der Waals surface area contributed by atoms with Crippen LogP contribution < -0.4 is 0 Å². The summed E-state index contributed by atoms with van der Waals surface area (Å²) in [6.45, 7) is 7.16. The second kappa shape index (κ2) is 6.66. The van der Waals surface area contributed by atoms with E-state index < -0.39 is 0 Å². The van der Waals surface area contributed by atoms with Gasteiger partial charge in [0.1, 0.15) is 0 Å². The number of hydrogen-bond donors (Lipinski definition) is 1. The van der Waals surface area contributed by atoms with Crippen LogP contribution in [0.4, 0.5) is 0 Å². The fourth-order valence-electron chi connectivity index (χ4n) is 0.886. The number of carbonyl (C=O) groups is 1. The third kappa shape index (κ3) is 6.34. The fourth-order valence-corrected chi connectivity index (χ4v) is 0.886. The molecule has 0 radical (unpaired) electrons. The van der Waals surface area contributed by atoms with Crippen molar-refractivity contribution in [1.82, 2.24) is 0 Å². The Balaban J connectivity index is 3.55. The van der Waals surface area contributed by atoms with E-state index in [1.807, 2.05) is 6.92 Å². The molecule has 0 bridgehead atoms. The molecule has 0 aromatic carbocycles. The SMILES string of the molecule is C=C(C)C(=O)OC(C)CCCCO. The molecule has 0 aromatic rings. The van der Waals surface area contributed by atoms with Gasteiger partial charge in [-0.05, 0) is 33.1 Å². The van der Waals surface area contributed by atoms with E-state index in [1.165, 1.54) is 0 Å². The minimum Gasteiger partial charge on any atom is -0.459 e. The first-order valence-corrected chi connectivity index (χ1v) is 4.55. The Labute approximate surface area is 79.4 Å². The van der Waals surface area contributed by atoms with Crippen LogP contribution >= 0.6 is 0 Å². The van der Waals surface area contributed by atoms with Crippen LogP contribution in [-0.2, 0) is 9.53 Å². The van der Waals surface area contributed by atoms with Gasteiger partial charge in [-0.3, -0.25) is 0 Å². The highest BCUT2D eigenvalue weighted by Crippen LogP contribution is 2.06. The first-order chi connectivity index (χ1) is 6.07. The number of rotatable bonds is 6. The third-order valence-electron chi connectivity index (χ3n) is 1.68. The largest absolute Gasteiger partial charge is 0.459 e. The molecule has 1 unspecified atom stereocenters. The van der Waals surface area contributed by atoms with Crippen molar-refractivity contribution in [2.45, 2.75) is 39.2 Å².